The van der Waals surface area contributed by atoms with Gasteiger partial charge in [-0.25, -0.2) is 0 Å². The number of carbonyl (C=O) groups is 1. The maximum Gasteiger partial charge on any atom is 0.233 e. The molecule has 0 aliphatic carbocycles. The van der Waals surface area contributed by atoms with Gasteiger partial charge < -0.3 is 15.8 Å². The molecule has 2 heterocycles. The molecule has 6 heteroatoms. The number of nitrogens with zero attached hydrogens (tertiary/aromatic N) is 1. The Morgan fingerprint density at radius 2 is 2.20 bits per heavy atom. The number of hydrogen-bond donors (Lipinski definition) is 2. The second-order valence-electron chi connectivity index (χ2n) is 5.01. The van der Waals surface area contributed by atoms with Crippen molar-refractivity contribution in [2.24, 2.45) is 11.1 Å². The average molecular weight is 293 g/mol. The third kappa shape index (κ3) is 2.96. The van der Waals surface area contributed by atoms with E-state index in [0.717, 1.165) is 5.69 Å². The Morgan fingerprint density at radius 1 is 1.50 bits per heavy atom. The molecule has 3 N–H and O–H groups in total. The lowest BCUT2D eigenvalue weighted by Gasteiger charge is -2.35. The predicted molar refractivity (Wildman–Crippen MR) is 80.1 cm³/mol. The van der Waals surface area contributed by atoms with Gasteiger partial charge in [0.1, 0.15) is 5.41 Å². The molecule has 0 radical (unpaired) electrons. The summed E-state index contributed by atoms with van der Waals surface area (Å²) in [6.45, 7) is 2.90. The number of nitrogens with two attached hydrogens (primary N) is 1. The number of thiocarbonyl (C=S) groups is 1. The van der Waals surface area contributed by atoms with Gasteiger partial charge in [0.25, 0.3) is 0 Å². The summed E-state index contributed by atoms with van der Waals surface area (Å²) in [5.74, 6) is -0.133. The molecule has 0 saturated carbocycles. The van der Waals surface area contributed by atoms with Crippen LogP contribution in [0.15, 0.2) is 24.4 Å². The standard InChI is InChI=1S/C14H19N3O2S/c1-10(11-4-2-3-7-16-11)17-13(18)14(12(15)20)5-8-19-9-6-14/h2-4,7,10H,5-6,8-9H2,1H3,(H2,15,20)(H,17,18). The fourth-order valence-electron chi connectivity index (χ4n) is 2.35. The van der Waals surface area contributed by atoms with Crippen LogP contribution in [-0.2, 0) is 9.53 Å². The van der Waals surface area contributed by atoms with E-state index in [1.807, 2.05) is 25.1 Å². The van der Waals surface area contributed by atoms with E-state index >= 15 is 0 Å². The minimum Gasteiger partial charge on any atom is -0.392 e. The zero-order chi connectivity index (χ0) is 14.6. The van der Waals surface area contributed by atoms with Crippen LogP contribution in [0, 0.1) is 5.41 Å². The number of ether oxygens (including phenoxy) is 1. The molecule has 0 bridgehead atoms. The summed E-state index contributed by atoms with van der Waals surface area (Å²) in [6.07, 6.45) is 2.77. The molecule has 0 spiro atoms. The fourth-order valence-corrected chi connectivity index (χ4v) is 2.64. The molecule has 2 rings (SSSR count). The third-order valence-corrected chi connectivity index (χ3v) is 4.12. The Hall–Kier alpha value is -1.53. The van der Waals surface area contributed by atoms with E-state index in [2.05, 4.69) is 10.3 Å². The molecule has 5 nitrogen and oxygen atoms in total. The van der Waals surface area contributed by atoms with Crippen molar-refractivity contribution in [2.45, 2.75) is 25.8 Å². The Morgan fingerprint density at radius 3 is 2.75 bits per heavy atom. The van der Waals surface area contributed by atoms with Gasteiger partial charge >= 0.3 is 0 Å². The molecule has 1 amide bonds. The molecule has 20 heavy (non-hydrogen) atoms. The van der Waals surface area contributed by atoms with Crippen molar-refractivity contribution in [1.29, 1.82) is 0 Å². The van der Waals surface area contributed by atoms with Crippen molar-refractivity contribution in [3.05, 3.63) is 30.1 Å². The fraction of sp³-hybridized carbons (Fsp3) is 0.500. The van der Waals surface area contributed by atoms with Crippen LogP contribution < -0.4 is 11.1 Å². The van der Waals surface area contributed by atoms with E-state index in [-0.39, 0.29) is 16.9 Å². The zero-order valence-corrected chi connectivity index (χ0v) is 12.3. The van der Waals surface area contributed by atoms with Crippen LogP contribution in [0.5, 0.6) is 0 Å². The van der Waals surface area contributed by atoms with E-state index in [1.54, 1.807) is 6.20 Å². The number of hydrogen-bond acceptors (Lipinski definition) is 4. The number of rotatable bonds is 4. The highest BCUT2D eigenvalue weighted by Gasteiger charge is 2.43. The van der Waals surface area contributed by atoms with Crippen molar-refractivity contribution >= 4 is 23.1 Å². The maximum atomic E-state index is 12.6. The first-order chi connectivity index (χ1) is 9.56. The van der Waals surface area contributed by atoms with Gasteiger partial charge in [0.2, 0.25) is 5.91 Å². The summed E-state index contributed by atoms with van der Waals surface area (Å²) < 4.78 is 5.31. The topological polar surface area (TPSA) is 77.2 Å². The van der Waals surface area contributed by atoms with E-state index in [9.17, 15) is 4.79 Å². The van der Waals surface area contributed by atoms with Crippen molar-refractivity contribution in [1.82, 2.24) is 10.3 Å². The van der Waals surface area contributed by atoms with Gasteiger partial charge in [-0.15, -0.1) is 0 Å². The van der Waals surface area contributed by atoms with Crippen molar-refractivity contribution < 1.29 is 9.53 Å². The molecule has 1 unspecified atom stereocenters. The lowest BCUT2D eigenvalue weighted by Crippen LogP contribution is -2.52. The number of carbonyl (C=O) groups excluding carboxylic acids is 1. The van der Waals surface area contributed by atoms with Gasteiger partial charge in [-0.1, -0.05) is 18.3 Å². The molecule has 108 valence electrons. The highest BCUT2D eigenvalue weighted by atomic mass is 32.1. The second-order valence-corrected chi connectivity index (χ2v) is 5.45. The van der Waals surface area contributed by atoms with E-state index in [0.29, 0.717) is 26.1 Å². The van der Waals surface area contributed by atoms with Gasteiger partial charge in [0.05, 0.1) is 16.7 Å². The summed E-state index contributed by atoms with van der Waals surface area (Å²) in [5, 5.41) is 2.96. The third-order valence-electron chi connectivity index (χ3n) is 3.73. The Kier molecular flexibility index (Phi) is 4.67. The van der Waals surface area contributed by atoms with Crippen molar-refractivity contribution in [3.63, 3.8) is 0 Å². The van der Waals surface area contributed by atoms with Crippen molar-refractivity contribution in [3.8, 4) is 0 Å². The molecule has 1 saturated heterocycles. The Bertz CT molecular complexity index is 486. The van der Waals surface area contributed by atoms with E-state index in [1.165, 1.54) is 0 Å². The average Bonchev–Trinajstić information content (AvgIpc) is 2.48. The Balaban J connectivity index is 2.11. The molecule has 1 fully saturated rings. The van der Waals surface area contributed by atoms with Gasteiger partial charge in [-0.2, -0.15) is 0 Å². The summed E-state index contributed by atoms with van der Waals surface area (Å²) >= 11 is 5.12. The van der Waals surface area contributed by atoms with Crippen LogP contribution in [0.1, 0.15) is 31.5 Å². The van der Waals surface area contributed by atoms with Crippen LogP contribution in [0.2, 0.25) is 0 Å². The van der Waals surface area contributed by atoms with Crippen LogP contribution in [0.25, 0.3) is 0 Å². The number of nitrogens with one attached hydrogen (secondary N) is 1. The monoisotopic (exact) mass is 293 g/mol. The zero-order valence-electron chi connectivity index (χ0n) is 11.5. The molecule has 1 aromatic heterocycles. The van der Waals surface area contributed by atoms with Gasteiger partial charge in [0.15, 0.2) is 0 Å². The molecule has 0 aromatic carbocycles. The van der Waals surface area contributed by atoms with Gasteiger partial charge in [0, 0.05) is 19.4 Å². The summed E-state index contributed by atoms with van der Waals surface area (Å²) in [5.41, 5.74) is 5.83. The second kappa shape index (κ2) is 6.28. The first kappa shape index (κ1) is 14.9. The minimum atomic E-state index is -0.795. The first-order valence-corrected chi connectivity index (χ1v) is 7.06. The summed E-state index contributed by atoms with van der Waals surface area (Å²) in [7, 11) is 0. The lowest BCUT2D eigenvalue weighted by molar-refractivity contribution is -0.132. The highest BCUT2D eigenvalue weighted by Crippen LogP contribution is 2.32. The molecular weight excluding hydrogens is 274 g/mol. The molecular formula is C14H19N3O2S. The van der Waals surface area contributed by atoms with Gasteiger partial charge in [-0.05, 0) is 31.9 Å². The minimum absolute atomic E-state index is 0.133. The number of aromatic nitrogens is 1. The SMILES string of the molecule is CC(NC(=O)C1(C(N)=S)CCOCC1)c1ccccn1. The quantitative estimate of drug-likeness (QED) is 0.819. The van der Waals surface area contributed by atoms with Crippen LogP contribution in [0.3, 0.4) is 0 Å². The normalized spacial score (nSPS) is 19.1. The molecule has 1 aromatic rings. The first-order valence-electron chi connectivity index (χ1n) is 6.66. The maximum absolute atomic E-state index is 12.6. The largest absolute Gasteiger partial charge is 0.392 e. The highest BCUT2D eigenvalue weighted by molar-refractivity contribution is 7.80. The van der Waals surface area contributed by atoms with E-state index < -0.39 is 5.41 Å². The molecule has 1 atom stereocenters. The van der Waals surface area contributed by atoms with Crippen LogP contribution >= 0.6 is 12.2 Å². The molecule has 1 aliphatic heterocycles. The summed E-state index contributed by atoms with van der Waals surface area (Å²) in [6, 6.07) is 5.43. The van der Waals surface area contributed by atoms with Gasteiger partial charge in [-0.3, -0.25) is 9.78 Å². The summed E-state index contributed by atoms with van der Waals surface area (Å²) in [4.78, 5) is 17.1. The lowest BCUT2D eigenvalue weighted by atomic mass is 9.79. The van der Waals surface area contributed by atoms with E-state index in [4.69, 9.17) is 22.7 Å². The van der Waals surface area contributed by atoms with Crippen molar-refractivity contribution in [2.75, 3.05) is 13.2 Å². The van der Waals surface area contributed by atoms with Crippen LogP contribution in [0.4, 0.5) is 0 Å². The predicted octanol–water partition coefficient (Wildman–Crippen LogP) is 1.34. The number of amides is 1. The Labute approximate surface area is 123 Å². The molecule has 1 aliphatic rings. The number of pyridine rings is 1. The smallest absolute Gasteiger partial charge is 0.233 e. The van der Waals surface area contributed by atoms with Crippen LogP contribution in [-0.4, -0.2) is 29.1 Å².